The van der Waals surface area contributed by atoms with Gasteiger partial charge in [0, 0.05) is 23.1 Å². The lowest BCUT2D eigenvalue weighted by Gasteiger charge is -2.26. The van der Waals surface area contributed by atoms with Crippen molar-refractivity contribution in [3.05, 3.63) is 143 Å². The molecule has 4 aromatic rings. The molecule has 0 fully saturated rings. The molecule has 3 atom stereocenters. The van der Waals surface area contributed by atoms with Crippen molar-refractivity contribution in [2.75, 3.05) is 0 Å². The summed E-state index contributed by atoms with van der Waals surface area (Å²) in [6.45, 7) is 0. The van der Waals surface area contributed by atoms with E-state index in [2.05, 4.69) is 10.6 Å². The lowest BCUT2D eigenvalue weighted by molar-refractivity contribution is -0.134. The van der Waals surface area contributed by atoms with E-state index in [1.807, 2.05) is 6.07 Å². The molecule has 0 aliphatic heterocycles. The largest absolute Gasteiger partial charge is 0.381 e. The highest BCUT2D eigenvalue weighted by atomic mass is 16.3. The van der Waals surface area contributed by atoms with Crippen LogP contribution in [0.5, 0.6) is 0 Å². The highest BCUT2D eigenvalue weighted by Gasteiger charge is 2.31. The van der Waals surface area contributed by atoms with Crippen LogP contribution in [0.1, 0.15) is 43.4 Å². The summed E-state index contributed by atoms with van der Waals surface area (Å²) in [5, 5.41) is 16.2. The quantitative estimate of drug-likeness (QED) is 0.219. The standard InChI is InChI=1S/C32H29N3O5/c33-30(38)26(20-21-16-18-24(19-17-21)28(36)23-12-6-2-7-13-23)34-32(40)29(37)27(22-10-4-1-5-11-22)35-31(39)25-14-8-3-9-15-25/h1-19,26-27,29,37H,20H2,(H2,33,38)(H,34,40)(H,35,39)/t26-,27-,29+/m0/s1. The van der Waals surface area contributed by atoms with E-state index in [4.69, 9.17) is 5.73 Å². The molecule has 0 aliphatic carbocycles. The maximum atomic E-state index is 13.1. The van der Waals surface area contributed by atoms with E-state index in [-0.39, 0.29) is 12.2 Å². The molecule has 0 spiro atoms. The predicted octanol–water partition coefficient (Wildman–Crippen LogP) is 2.96. The van der Waals surface area contributed by atoms with Gasteiger partial charge in [0.15, 0.2) is 11.9 Å². The lowest BCUT2D eigenvalue weighted by Crippen LogP contribution is -2.52. The fraction of sp³-hybridized carbons (Fsp3) is 0.125. The Hall–Kier alpha value is -5.08. The number of aliphatic hydroxyl groups excluding tert-OH is 1. The van der Waals surface area contributed by atoms with E-state index in [0.717, 1.165) is 0 Å². The first-order valence-electron chi connectivity index (χ1n) is 12.7. The maximum absolute atomic E-state index is 13.1. The number of hydrogen-bond acceptors (Lipinski definition) is 5. The van der Waals surface area contributed by atoms with Crippen molar-refractivity contribution in [2.24, 2.45) is 5.73 Å². The van der Waals surface area contributed by atoms with Crippen LogP contribution >= 0.6 is 0 Å². The monoisotopic (exact) mass is 535 g/mol. The number of carbonyl (C=O) groups excluding carboxylic acids is 4. The Labute approximate surface area is 231 Å². The van der Waals surface area contributed by atoms with Crippen LogP contribution in [0.3, 0.4) is 0 Å². The van der Waals surface area contributed by atoms with Crippen LogP contribution in [-0.2, 0) is 16.0 Å². The van der Waals surface area contributed by atoms with Gasteiger partial charge < -0.3 is 21.5 Å². The van der Waals surface area contributed by atoms with Gasteiger partial charge in [0.2, 0.25) is 5.91 Å². The second-order valence-corrected chi connectivity index (χ2v) is 9.23. The van der Waals surface area contributed by atoms with Gasteiger partial charge in [0.1, 0.15) is 6.04 Å². The van der Waals surface area contributed by atoms with Gasteiger partial charge in [-0.15, -0.1) is 0 Å². The molecular weight excluding hydrogens is 506 g/mol. The highest BCUT2D eigenvalue weighted by Crippen LogP contribution is 2.19. The van der Waals surface area contributed by atoms with Crippen molar-refractivity contribution in [3.63, 3.8) is 0 Å². The molecule has 8 heteroatoms. The summed E-state index contributed by atoms with van der Waals surface area (Å²) in [6, 6.07) is 30.3. The highest BCUT2D eigenvalue weighted by molar-refractivity contribution is 6.09. The van der Waals surface area contributed by atoms with Crippen molar-refractivity contribution < 1.29 is 24.3 Å². The molecule has 40 heavy (non-hydrogen) atoms. The Morgan fingerprint density at radius 1 is 0.650 bits per heavy atom. The number of rotatable bonds is 11. The van der Waals surface area contributed by atoms with Gasteiger partial charge in [-0.05, 0) is 23.3 Å². The van der Waals surface area contributed by atoms with Crippen LogP contribution in [0, 0.1) is 0 Å². The number of nitrogens with two attached hydrogens (primary N) is 1. The Kier molecular flexibility index (Phi) is 9.17. The zero-order valence-corrected chi connectivity index (χ0v) is 21.6. The van der Waals surface area contributed by atoms with Crippen LogP contribution in [-0.4, -0.2) is 40.8 Å². The first-order chi connectivity index (χ1) is 19.3. The second-order valence-electron chi connectivity index (χ2n) is 9.23. The predicted molar refractivity (Wildman–Crippen MR) is 150 cm³/mol. The maximum Gasteiger partial charge on any atom is 0.252 e. The van der Waals surface area contributed by atoms with Gasteiger partial charge in [0.05, 0.1) is 6.04 Å². The molecule has 202 valence electrons. The molecule has 4 aromatic carbocycles. The molecule has 8 nitrogen and oxygen atoms in total. The summed E-state index contributed by atoms with van der Waals surface area (Å²) in [5.74, 6) is -2.28. The summed E-state index contributed by atoms with van der Waals surface area (Å²) >= 11 is 0. The molecule has 0 saturated carbocycles. The van der Waals surface area contributed by atoms with E-state index in [0.29, 0.717) is 27.8 Å². The molecule has 5 N–H and O–H groups in total. The second kappa shape index (κ2) is 13.1. The molecular formula is C32H29N3O5. The van der Waals surface area contributed by atoms with Gasteiger partial charge in [0.25, 0.3) is 11.8 Å². The van der Waals surface area contributed by atoms with Crippen molar-refractivity contribution in [3.8, 4) is 0 Å². The Balaban J connectivity index is 1.47. The van der Waals surface area contributed by atoms with E-state index >= 15 is 0 Å². The molecule has 0 heterocycles. The minimum atomic E-state index is -1.72. The first-order valence-corrected chi connectivity index (χ1v) is 12.7. The Morgan fingerprint density at radius 2 is 1.15 bits per heavy atom. The van der Waals surface area contributed by atoms with Gasteiger partial charge in [-0.25, -0.2) is 0 Å². The smallest absolute Gasteiger partial charge is 0.252 e. The molecule has 4 rings (SSSR count). The minimum Gasteiger partial charge on any atom is -0.381 e. The van der Waals surface area contributed by atoms with E-state index in [1.165, 1.54) is 0 Å². The fourth-order valence-corrected chi connectivity index (χ4v) is 4.23. The molecule has 3 amide bonds. The summed E-state index contributed by atoms with van der Waals surface area (Å²) in [6.07, 6.45) is -1.68. The van der Waals surface area contributed by atoms with Crippen LogP contribution < -0.4 is 16.4 Å². The third-order valence-corrected chi connectivity index (χ3v) is 6.42. The number of amides is 3. The summed E-state index contributed by atoms with van der Waals surface area (Å²) < 4.78 is 0. The SMILES string of the molecule is NC(=O)[C@H](Cc1ccc(C(=O)c2ccccc2)cc1)NC(=O)[C@H](O)[C@@H](NC(=O)c1ccccc1)c1ccccc1. The zero-order chi connectivity index (χ0) is 28.5. The fourth-order valence-electron chi connectivity index (χ4n) is 4.23. The van der Waals surface area contributed by atoms with Crippen LogP contribution in [0.15, 0.2) is 115 Å². The minimum absolute atomic E-state index is 0.0416. The van der Waals surface area contributed by atoms with E-state index < -0.39 is 35.9 Å². The number of hydrogen-bond donors (Lipinski definition) is 4. The van der Waals surface area contributed by atoms with Crippen molar-refractivity contribution in [2.45, 2.75) is 24.6 Å². The number of primary amides is 1. The summed E-state index contributed by atoms with van der Waals surface area (Å²) in [5.41, 5.74) is 8.12. The topological polar surface area (TPSA) is 139 Å². The molecule has 0 aromatic heterocycles. The van der Waals surface area contributed by atoms with Crippen molar-refractivity contribution in [1.29, 1.82) is 0 Å². The summed E-state index contributed by atoms with van der Waals surface area (Å²) in [4.78, 5) is 50.9. The van der Waals surface area contributed by atoms with Crippen LogP contribution in [0.2, 0.25) is 0 Å². The number of ketones is 1. The lowest BCUT2D eigenvalue weighted by atomic mass is 9.98. The van der Waals surface area contributed by atoms with E-state index in [9.17, 15) is 24.3 Å². The van der Waals surface area contributed by atoms with Gasteiger partial charge in [-0.2, -0.15) is 0 Å². The Bertz CT molecular complexity index is 1460. The van der Waals surface area contributed by atoms with E-state index in [1.54, 1.807) is 109 Å². The average molecular weight is 536 g/mol. The molecule has 0 unspecified atom stereocenters. The average Bonchev–Trinajstić information content (AvgIpc) is 3.00. The number of nitrogens with one attached hydrogen (secondary N) is 2. The Morgan fingerprint density at radius 3 is 1.70 bits per heavy atom. The van der Waals surface area contributed by atoms with Crippen molar-refractivity contribution in [1.82, 2.24) is 10.6 Å². The van der Waals surface area contributed by atoms with Gasteiger partial charge in [-0.1, -0.05) is 103 Å². The number of benzene rings is 4. The summed E-state index contributed by atoms with van der Waals surface area (Å²) in [7, 11) is 0. The first kappa shape index (κ1) is 27.9. The van der Waals surface area contributed by atoms with Crippen LogP contribution in [0.4, 0.5) is 0 Å². The van der Waals surface area contributed by atoms with Gasteiger partial charge >= 0.3 is 0 Å². The van der Waals surface area contributed by atoms with Crippen molar-refractivity contribution >= 4 is 23.5 Å². The number of carbonyl (C=O) groups is 4. The zero-order valence-electron chi connectivity index (χ0n) is 21.6. The normalized spacial score (nSPS) is 12.9. The third kappa shape index (κ3) is 7.06. The molecule has 0 radical (unpaired) electrons. The molecule has 0 saturated heterocycles. The van der Waals surface area contributed by atoms with Gasteiger partial charge in [-0.3, -0.25) is 19.2 Å². The molecule has 0 bridgehead atoms. The molecule has 0 aliphatic rings. The van der Waals surface area contributed by atoms with Crippen LogP contribution in [0.25, 0.3) is 0 Å². The third-order valence-electron chi connectivity index (χ3n) is 6.42. The number of aliphatic hydroxyl groups is 1.